The van der Waals surface area contributed by atoms with Gasteiger partial charge < -0.3 is 15.4 Å². The molecule has 1 amide bonds. The number of carbonyl (C=O) groups is 1. The van der Waals surface area contributed by atoms with Crippen LogP contribution in [0.3, 0.4) is 0 Å². The fourth-order valence-electron chi connectivity index (χ4n) is 4.32. The molecule has 2 aromatic carbocycles. The molecule has 1 unspecified atom stereocenters. The molecule has 1 saturated heterocycles. The predicted molar refractivity (Wildman–Crippen MR) is 112 cm³/mol. The molecule has 2 aromatic rings. The van der Waals surface area contributed by atoms with Gasteiger partial charge in [0.1, 0.15) is 0 Å². The quantitative estimate of drug-likeness (QED) is 0.783. The maximum Gasteiger partial charge on any atom is 0.416 e. The van der Waals surface area contributed by atoms with Gasteiger partial charge in [-0.25, -0.2) is 0 Å². The minimum atomic E-state index is -4.31. The first-order chi connectivity index (χ1) is 14.8. The van der Waals surface area contributed by atoms with Crippen molar-refractivity contribution < 1.29 is 22.7 Å². The van der Waals surface area contributed by atoms with Crippen molar-refractivity contribution in [3.8, 4) is 0 Å². The van der Waals surface area contributed by atoms with Crippen LogP contribution < -0.4 is 10.6 Å². The lowest BCUT2D eigenvalue weighted by molar-refractivity contribution is -0.137. The van der Waals surface area contributed by atoms with Crippen LogP contribution in [0.2, 0.25) is 0 Å². The number of piperazine rings is 1. The van der Waals surface area contributed by atoms with Gasteiger partial charge in [0.15, 0.2) is 0 Å². The van der Waals surface area contributed by atoms with Gasteiger partial charge in [-0.15, -0.1) is 0 Å². The zero-order chi connectivity index (χ0) is 22.0. The van der Waals surface area contributed by atoms with Crippen molar-refractivity contribution in [1.29, 1.82) is 0 Å². The summed E-state index contributed by atoms with van der Waals surface area (Å²) in [5.74, 6) is -0.420. The molecule has 4 rings (SSSR count). The number of nitrogens with zero attached hydrogens (tertiary/aromatic N) is 2. The molecule has 31 heavy (non-hydrogen) atoms. The van der Waals surface area contributed by atoms with E-state index in [1.54, 1.807) is 18.2 Å². The molecule has 0 saturated carbocycles. The number of halogens is 3. The van der Waals surface area contributed by atoms with Crippen molar-refractivity contribution in [2.45, 2.75) is 25.1 Å². The fourth-order valence-corrected chi connectivity index (χ4v) is 4.32. The predicted octanol–water partition coefficient (Wildman–Crippen LogP) is 3.63. The number of benzene rings is 2. The lowest BCUT2D eigenvalue weighted by Gasteiger charge is -2.37. The molecule has 5 nitrogen and oxygen atoms in total. The van der Waals surface area contributed by atoms with E-state index in [1.807, 2.05) is 12.1 Å². The highest BCUT2D eigenvalue weighted by Gasteiger charge is 2.30. The molecule has 0 spiro atoms. The summed E-state index contributed by atoms with van der Waals surface area (Å²) in [5, 5.41) is 0. The normalized spacial score (nSPS) is 19.8. The van der Waals surface area contributed by atoms with Crippen molar-refractivity contribution in [3.63, 3.8) is 0 Å². The van der Waals surface area contributed by atoms with Gasteiger partial charge in [0.05, 0.1) is 18.3 Å². The van der Waals surface area contributed by atoms with E-state index in [2.05, 4.69) is 9.80 Å². The Morgan fingerprint density at radius 3 is 2.42 bits per heavy atom. The molecule has 0 aromatic heterocycles. The van der Waals surface area contributed by atoms with E-state index in [0.717, 1.165) is 74.5 Å². The van der Waals surface area contributed by atoms with Crippen LogP contribution in [0.4, 0.5) is 18.9 Å². The monoisotopic (exact) mass is 433 g/mol. The van der Waals surface area contributed by atoms with Gasteiger partial charge in [-0.3, -0.25) is 9.69 Å². The minimum Gasteiger partial charge on any atom is -0.373 e. The number of amides is 1. The summed E-state index contributed by atoms with van der Waals surface area (Å²) in [6.45, 7) is 4.75. The van der Waals surface area contributed by atoms with Crippen molar-refractivity contribution in [1.82, 2.24) is 4.90 Å². The van der Waals surface area contributed by atoms with Crippen molar-refractivity contribution >= 4 is 11.6 Å². The Morgan fingerprint density at radius 2 is 1.77 bits per heavy atom. The first kappa shape index (κ1) is 21.6. The van der Waals surface area contributed by atoms with E-state index in [4.69, 9.17) is 10.5 Å². The number of alkyl halides is 3. The summed E-state index contributed by atoms with van der Waals surface area (Å²) in [6.07, 6.45) is -2.68. The Balaban J connectivity index is 1.30. The third-order valence-electron chi connectivity index (χ3n) is 6.10. The second-order valence-electron chi connectivity index (χ2n) is 8.05. The van der Waals surface area contributed by atoms with Gasteiger partial charge in [0.25, 0.3) is 0 Å². The molecule has 2 heterocycles. The van der Waals surface area contributed by atoms with Crippen LogP contribution in [0.25, 0.3) is 0 Å². The lowest BCUT2D eigenvalue weighted by Crippen LogP contribution is -2.47. The standard InChI is InChI=1S/C23H26F3N3O2/c24-23(25,26)18-2-4-19(5-3-18)29-12-10-28(11-13-29)9-7-21-20-6-1-17(22(27)30)15-16(20)8-14-31-21/h1-6,15,21H,7-14H2,(H2,27,30). The molecule has 1 fully saturated rings. The summed E-state index contributed by atoms with van der Waals surface area (Å²) in [4.78, 5) is 15.9. The molecule has 8 heteroatoms. The van der Waals surface area contributed by atoms with Crippen LogP contribution >= 0.6 is 0 Å². The van der Waals surface area contributed by atoms with Crippen LogP contribution in [0.15, 0.2) is 42.5 Å². The van der Waals surface area contributed by atoms with E-state index in [0.29, 0.717) is 12.2 Å². The summed E-state index contributed by atoms with van der Waals surface area (Å²) >= 11 is 0. The first-order valence-corrected chi connectivity index (χ1v) is 10.5. The number of anilines is 1. The fraction of sp³-hybridized carbons (Fsp3) is 0.435. The zero-order valence-electron chi connectivity index (χ0n) is 17.2. The second-order valence-corrected chi connectivity index (χ2v) is 8.05. The van der Waals surface area contributed by atoms with Gasteiger partial charge in [-0.2, -0.15) is 13.2 Å². The van der Waals surface area contributed by atoms with Crippen molar-refractivity contribution in [2.24, 2.45) is 5.73 Å². The molecule has 2 aliphatic rings. The molecule has 2 N–H and O–H groups in total. The number of primary amides is 1. The zero-order valence-corrected chi connectivity index (χ0v) is 17.2. The number of fused-ring (bicyclic) bond motifs is 1. The van der Waals surface area contributed by atoms with Gasteiger partial charge in [0, 0.05) is 44.0 Å². The Kier molecular flexibility index (Phi) is 6.20. The van der Waals surface area contributed by atoms with Gasteiger partial charge in [-0.05, 0) is 60.4 Å². The highest BCUT2D eigenvalue weighted by atomic mass is 19.4. The average Bonchev–Trinajstić information content (AvgIpc) is 2.77. The summed E-state index contributed by atoms with van der Waals surface area (Å²) in [7, 11) is 0. The highest BCUT2D eigenvalue weighted by molar-refractivity contribution is 5.93. The highest BCUT2D eigenvalue weighted by Crippen LogP contribution is 2.32. The van der Waals surface area contributed by atoms with Crippen molar-refractivity contribution in [3.05, 3.63) is 64.7 Å². The molecule has 0 bridgehead atoms. The molecule has 166 valence electrons. The minimum absolute atomic E-state index is 0.00128. The van der Waals surface area contributed by atoms with Gasteiger partial charge >= 0.3 is 6.18 Å². The largest absolute Gasteiger partial charge is 0.416 e. The second kappa shape index (κ2) is 8.88. The first-order valence-electron chi connectivity index (χ1n) is 10.5. The molecule has 0 radical (unpaired) electrons. The number of hydrogen-bond acceptors (Lipinski definition) is 4. The summed E-state index contributed by atoms with van der Waals surface area (Å²) < 4.78 is 44.2. The Bertz CT molecular complexity index is 923. The van der Waals surface area contributed by atoms with Crippen LogP contribution in [0, 0.1) is 0 Å². The number of hydrogen-bond donors (Lipinski definition) is 1. The van der Waals surface area contributed by atoms with Crippen LogP contribution in [0.5, 0.6) is 0 Å². The van der Waals surface area contributed by atoms with E-state index in [9.17, 15) is 18.0 Å². The SMILES string of the molecule is NC(=O)c1ccc2c(c1)CCOC2CCN1CCN(c2ccc(C(F)(F)F)cc2)CC1. The molecular formula is C23H26F3N3O2. The van der Waals surface area contributed by atoms with Crippen LogP contribution in [0.1, 0.15) is 39.6 Å². The van der Waals surface area contributed by atoms with Crippen LogP contribution in [-0.4, -0.2) is 50.1 Å². The van der Waals surface area contributed by atoms with E-state index >= 15 is 0 Å². The third-order valence-corrected chi connectivity index (χ3v) is 6.10. The Morgan fingerprint density at radius 1 is 1.06 bits per heavy atom. The number of rotatable bonds is 5. The smallest absolute Gasteiger partial charge is 0.373 e. The van der Waals surface area contributed by atoms with E-state index in [1.165, 1.54) is 0 Å². The number of ether oxygens (including phenoxy) is 1. The van der Waals surface area contributed by atoms with E-state index < -0.39 is 17.6 Å². The topological polar surface area (TPSA) is 58.8 Å². The number of nitrogens with two attached hydrogens (primary N) is 1. The third kappa shape index (κ3) is 5.02. The maximum atomic E-state index is 12.7. The maximum absolute atomic E-state index is 12.7. The summed E-state index contributed by atoms with van der Waals surface area (Å²) in [5.41, 5.74) is 8.36. The molecule has 0 aliphatic carbocycles. The lowest BCUT2D eigenvalue weighted by atomic mass is 9.93. The molecule has 2 aliphatic heterocycles. The van der Waals surface area contributed by atoms with Gasteiger partial charge in [-0.1, -0.05) is 6.07 Å². The van der Waals surface area contributed by atoms with Crippen LogP contribution in [-0.2, 0) is 17.3 Å². The molecule has 1 atom stereocenters. The Hall–Kier alpha value is -2.58. The average molecular weight is 433 g/mol. The van der Waals surface area contributed by atoms with E-state index in [-0.39, 0.29) is 6.10 Å². The molecular weight excluding hydrogens is 407 g/mol. The van der Waals surface area contributed by atoms with Gasteiger partial charge in [0.2, 0.25) is 5.91 Å². The number of carbonyl (C=O) groups excluding carboxylic acids is 1. The Labute approximate surface area is 179 Å². The van der Waals surface area contributed by atoms with Crippen molar-refractivity contribution in [2.75, 3.05) is 44.2 Å². The summed E-state index contributed by atoms with van der Waals surface area (Å²) in [6, 6.07) is 11.0.